The summed E-state index contributed by atoms with van der Waals surface area (Å²) in [5.74, 6) is 0.778. The lowest BCUT2D eigenvalue weighted by molar-refractivity contribution is -0.114. The summed E-state index contributed by atoms with van der Waals surface area (Å²) in [6.07, 6.45) is 4.72. The van der Waals surface area contributed by atoms with Gasteiger partial charge in [-0.15, -0.1) is 0 Å². The van der Waals surface area contributed by atoms with Gasteiger partial charge in [-0.05, 0) is 61.5 Å². The summed E-state index contributed by atoms with van der Waals surface area (Å²) in [5, 5.41) is 0. The number of hydrogen-bond acceptors (Lipinski definition) is 3. The Kier molecular flexibility index (Phi) is 5.04. The molecule has 0 unspecified atom stereocenters. The SMILES string of the molecule is Cc1ccc(/C=C/C(=O)N(Cc2ccccn2)c2ccc(F)cc2)o1. The molecule has 0 radical (unpaired) electrons. The summed E-state index contributed by atoms with van der Waals surface area (Å²) in [7, 11) is 0. The van der Waals surface area contributed by atoms with Gasteiger partial charge in [0, 0.05) is 18.0 Å². The zero-order chi connectivity index (χ0) is 17.6. The van der Waals surface area contributed by atoms with Gasteiger partial charge in [0.2, 0.25) is 0 Å². The van der Waals surface area contributed by atoms with Gasteiger partial charge >= 0.3 is 0 Å². The minimum Gasteiger partial charge on any atom is -0.462 e. The van der Waals surface area contributed by atoms with Gasteiger partial charge in [-0.1, -0.05) is 6.07 Å². The molecule has 5 heteroatoms. The maximum Gasteiger partial charge on any atom is 0.251 e. The van der Waals surface area contributed by atoms with Crippen LogP contribution in [0.2, 0.25) is 0 Å². The van der Waals surface area contributed by atoms with Crippen molar-refractivity contribution in [1.82, 2.24) is 4.98 Å². The molecule has 0 saturated heterocycles. The zero-order valence-corrected chi connectivity index (χ0v) is 13.7. The second-order valence-electron chi connectivity index (χ2n) is 5.50. The number of nitrogens with zero attached hydrogens (tertiary/aromatic N) is 2. The number of carbonyl (C=O) groups is 1. The minimum absolute atomic E-state index is 0.244. The smallest absolute Gasteiger partial charge is 0.251 e. The van der Waals surface area contributed by atoms with Crippen LogP contribution < -0.4 is 4.90 Å². The summed E-state index contributed by atoms with van der Waals surface area (Å²) in [6, 6.07) is 14.9. The van der Waals surface area contributed by atoms with E-state index >= 15 is 0 Å². The van der Waals surface area contributed by atoms with Gasteiger partial charge < -0.3 is 9.32 Å². The summed E-state index contributed by atoms with van der Waals surface area (Å²) in [4.78, 5) is 18.5. The molecule has 4 nitrogen and oxygen atoms in total. The summed E-state index contributed by atoms with van der Waals surface area (Å²) < 4.78 is 18.6. The largest absolute Gasteiger partial charge is 0.462 e. The highest BCUT2D eigenvalue weighted by molar-refractivity contribution is 6.03. The van der Waals surface area contributed by atoms with Gasteiger partial charge in [0.15, 0.2) is 0 Å². The predicted octanol–water partition coefficient (Wildman–Crippen LogP) is 4.37. The lowest BCUT2D eigenvalue weighted by Crippen LogP contribution is -2.29. The van der Waals surface area contributed by atoms with E-state index in [1.165, 1.54) is 23.1 Å². The average Bonchev–Trinajstić information content (AvgIpc) is 3.05. The molecular weight excluding hydrogens is 319 g/mol. The van der Waals surface area contributed by atoms with Crippen LogP contribution in [-0.4, -0.2) is 10.9 Å². The number of pyridine rings is 1. The second kappa shape index (κ2) is 7.57. The highest BCUT2D eigenvalue weighted by atomic mass is 19.1. The van der Waals surface area contributed by atoms with Crippen molar-refractivity contribution in [3.63, 3.8) is 0 Å². The van der Waals surface area contributed by atoms with Gasteiger partial charge in [-0.2, -0.15) is 0 Å². The molecule has 1 amide bonds. The predicted molar refractivity (Wildman–Crippen MR) is 94.3 cm³/mol. The molecule has 0 fully saturated rings. The molecule has 0 atom stereocenters. The van der Waals surface area contributed by atoms with Gasteiger partial charge in [-0.3, -0.25) is 9.78 Å². The van der Waals surface area contributed by atoms with Crippen LogP contribution in [0.25, 0.3) is 6.08 Å². The van der Waals surface area contributed by atoms with E-state index in [1.807, 2.05) is 31.2 Å². The molecule has 0 aliphatic rings. The Morgan fingerprint density at radius 1 is 1.16 bits per heavy atom. The molecule has 0 spiro atoms. The quantitative estimate of drug-likeness (QED) is 0.650. The third-order valence-electron chi connectivity index (χ3n) is 3.60. The zero-order valence-electron chi connectivity index (χ0n) is 13.7. The van der Waals surface area contributed by atoms with Crippen LogP contribution in [0.3, 0.4) is 0 Å². The monoisotopic (exact) mass is 336 g/mol. The molecule has 25 heavy (non-hydrogen) atoms. The standard InChI is InChI=1S/C20H17FN2O2/c1-15-5-10-19(25-15)11-12-20(24)23(14-17-4-2-3-13-22-17)18-8-6-16(21)7-9-18/h2-13H,14H2,1H3/b12-11+. The Bertz CT molecular complexity index is 870. The summed E-state index contributed by atoms with van der Waals surface area (Å²) in [6.45, 7) is 2.12. The Labute approximate surface area is 145 Å². The third-order valence-corrected chi connectivity index (χ3v) is 3.60. The van der Waals surface area contributed by atoms with Crippen molar-refractivity contribution in [3.05, 3.63) is 89.9 Å². The number of rotatable bonds is 5. The van der Waals surface area contributed by atoms with Crippen molar-refractivity contribution >= 4 is 17.7 Å². The maximum absolute atomic E-state index is 13.2. The van der Waals surface area contributed by atoms with Gasteiger partial charge in [0.05, 0.1) is 12.2 Å². The molecule has 0 bridgehead atoms. The topological polar surface area (TPSA) is 46.3 Å². The van der Waals surface area contributed by atoms with Crippen molar-refractivity contribution in [2.24, 2.45) is 0 Å². The fourth-order valence-electron chi connectivity index (χ4n) is 2.36. The van der Waals surface area contributed by atoms with Crippen LogP contribution in [-0.2, 0) is 11.3 Å². The van der Waals surface area contributed by atoms with Gasteiger partial charge in [-0.25, -0.2) is 4.39 Å². The fourth-order valence-corrected chi connectivity index (χ4v) is 2.36. The van der Waals surface area contributed by atoms with Crippen LogP contribution in [0.4, 0.5) is 10.1 Å². The van der Waals surface area contributed by atoms with E-state index in [9.17, 15) is 9.18 Å². The van der Waals surface area contributed by atoms with E-state index in [1.54, 1.807) is 30.5 Å². The van der Waals surface area contributed by atoms with Crippen LogP contribution >= 0.6 is 0 Å². The number of hydrogen-bond donors (Lipinski definition) is 0. The first-order valence-electron chi connectivity index (χ1n) is 7.83. The number of benzene rings is 1. The van der Waals surface area contributed by atoms with E-state index in [0.717, 1.165) is 11.5 Å². The van der Waals surface area contributed by atoms with Crippen molar-refractivity contribution in [3.8, 4) is 0 Å². The van der Waals surface area contributed by atoms with E-state index in [-0.39, 0.29) is 18.3 Å². The minimum atomic E-state index is -0.351. The molecule has 0 saturated carbocycles. The molecule has 2 aromatic heterocycles. The number of amides is 1. The van der Waals surface area contributed by atoms with Gasteiger partial charge in [0.1, 0.15) is 17.3 Å². The van der Waals surface area contributed by atoms with E-state index < -0.39 is 0 Å². The summed E-state index contributed by atoms with van der Waals surface area (Å²) in [5.41, 5.74) is 1.33. The van der Waals surface area contributed by atoms with Crippen LogP contribution in [0.15, 0.2) is 71.3 Å². The summed E-state index contributed by atoms with van der Waals surface area (Å²) >= 11 is 0. The number of halogens is 1. The number of furan rings is 1. The first-order chi connectivity index (χ1) is 12.1. The molecule has 3 aromatic rings. The number of aryl methyl sites for hydroxylation is 1. The first-order valence-corrected chi connectivity index (χ1v) is 7.83. The Balaban J connectivity index is 1.85. The van der Waals surface area contributed by atoms with Crippen molar-refractivity contribution in [2.45, 2.75) is 13.5 Å². The van der Waals surface area contributed by atoms with E-state index in [2.05, 4.69) is 4.98 Å². The number of anilines is 1. The number of aromatic nitrogens is 1. The average molecular weight is 336 g/mol. The third kappa shape index (κ3) is 4.41. The van der Waals surface area contributed by atoms with E-state index in [0.29, 0.717) is 11.4 Å². The van der Waals surface area contributed by atoms with Gasteiger partial charge in [0.25, 0.3) is 5.91 Å². The highest BCUT2D eigenvalue weighted by Gasteiger charge is 2.15. The Hall–Kier alpha value is -3.21. The van der Waals surface area contributed by atoms with Crippen LogP contribution in [0, 0.1) is 12.7 Å². The Morgan fingerprint density at radius 3 is 2.60 bits per heavy atom. The second-order valence-corrected chi connectivity index (χ2v) is 5.50. The van der Waals surface area contributed by atoms with Crippen molar-refractivity contribution in [1.29, 1.82) is 0 Å². The first kappa shape index (κ1) is 16.6. The normalized spacial score (nSPS) is 11.0. The molecule has 2 heterocycles. The number of carbonyl (C=O) groups excluding carboxylic acids is 1. The van der Waals surface area contributed by atoms with Crippen LogP contribution in [0.1, 0.15) is 17.2 Å². The highest BCUT2D eigenvalue weighted by Crippen LogP contribution is 2.18. The molecular formula is C20H17FN2O2. The molecule has 3 rings (SSSR count). The van der Waals surface area contributed by atoms with Crippen molar-refractivity contribution in [2.75, 3.05) is 4.90 Å². The molecule has 0 aliphatic carbocycles. The lowest BCUT2D eigenvalue weighted by atomic mass is 10.2. The lowest BCUT2D eigenvalue weighted by Gasteiger charge is -2.21. The molecule has 126 valence electrons. The maximum atomic E-state index is 13.2. The van der Waals surface area contributed by atoms with E-state index in [4.69, 9.17) is 4.42 Å². The molecule has 0 aliphatic heterocycles. The molecule has 1 aromatic carbocycles. The molecule has 0 N–H and O–H groups in total. The van der Waals surface area contributed by atoms with Crippen LogP contribution in [0.5, 0.6) is 0 Å². The Morgan fingerprint density at radius 2 is 1.96 bits per heavy atom. The van der Waals surface area contributed by atoms with Crippen molar-refractivity contribution < 1.29 is 13.6 Å². The fraction of sp³-hybridized carbons (Fsp3) is 0.100.